The largest absolute Gasteiger partial charge is 0.479 e. The molecule has 0 amide bonds. The average Bonchev–Trinajstić information content (AvgIpc) is 2.95. The minimum Gasteiger partial charge on any atom is -0.479 e. The van der Waals surface area contributed by atoms with Crippen molar-refractivity contribution >= 4 is 17.4 Å². The lowest BCUT2D eigenvalue weighted by Crippen LogP contribution is -2.19. The van der Waals surface area contributed by atoms with Gasteiger partial charge in [0, 0.05) is 22.2 Å². The Balaban J connectivity index is 2.04. The summed E-state index contributed by atoms with van der Waals surface area (Å²) in [6.07, 6.45) is -7.55. The average molecular weight is 608 g/mol. The molecule has 0 saturated carbocycles. The topological polar surface area (TPSA) is 47.0 Å². The number of anilines is 1. The molecule has 11 heteroatoms. The van der Waals surface area contributed by atoms with Gasteiger partial charge in [-0.25, -0.2) is 4.98 Å². The molecule has 222 valence electrons. The van der Waals surface area contributed by atoms with Gasteiger partial charge in [0.1, 0.15) is 5.69 Å². The van der Waals surface area contributed by atoms with Gasteiger partial charge in [0.15, 0.2) is 5.82 Å². The number of aromatic nitrogens is 2. The van der Waals surface area contributed by atoms with E-state index >= 15 is 0 Å². The minimum absolute atomic E-state index is 0.0813. The number of halogens is 7. The Morgan fingerprint density at radius 2 is 1.43 bits per heavy atom. The zero-order chi connectivity index (χ0) is 30.8. The molecule has 4 nitrogen and oxygen atoms in total. The van der Waals surface area contributed by atoms with E-state index in [-0.39, 0.29) is 33.8 Å². The van der Waals surface area contributed by atoms with Gasteiger partial charge < -0.3 is 10.1 Å². The molecule has 0 radical (unpaired) electrons. The summed E-state index contributed by atoms with van der Waals surface area (Å²) in [5.74, 6) is 0.563. The molecule has 42 heavy (non-hydrogen) atoms. The number of benzene rings is 3. The Morgan fingerprint density at radius 3 is 2.02 bits per heavy atom. The standard InChI is InChI=1S/C31H28ClF6N3O/c1-5-21(6-2)40-28-17(3)39-27(29(41-28)42-4)26-22(18-9-7-10-19(15-18)30(33,34)35)11-8-12-24(26)23-14-13-20(16-25(23)32)31(36,37)38/h7-16,21H,5-6H2,1-4H3,(H,40,41). The smallest absolute Gasteiger partial charge is 0.416 e. The van der Waals surface area contributed by atoms with Gasteiger partial charge >= 0.3 is 12.4 Å². The molecular formula is C31H28ClF6N3O. The predicted octanol–water partition coefficient (Wildman–Crippen LogP) is 10.1. The molecule has 0 saturated heterocycles. The molecule has 4 rings (SSSR count). The van der Waals surface area contributed by atoms with Gasteiger partial charge in [-0.05, 0) is 60.7 Å². The van der Waals surface area contributed by atoms with Crippen molar-refractivity contribution < 1.29 is 31.1 Å². The maximum absolute atomic E-state index is 13.7. The summed E-state index contributed by atoms with van der Waals surface area (Å²) in [6, 6.07) is 12.7. The highest BCUT2D eigenvalue weighted by molar-refractivity contribution is 6.33. The van der Waals surface area contributed by atoms with Crippen molar-refractivity contribution in [3.05, 3.63) is 82.5 Å². The second-order valence-corrected chi connectivity index (χ2v) is 10.1. The van der Waals surface area contributed by atoms with Gasteiger partial charge in [-0.1, -0.05) is 61.8 Å². The number of hydrogen-bond acceptors (Lipinski definition) is 4. The van der Waals surface area contributed by atoms with Crippen LogP contribution in [0.3, 0.4) is 0 Å². The highest BCUT2D eigenvalue weighted by atomic mass is 35.5. The fourth-order valence-corrected chi connectivity index (χ4v) is 4.96. The molecule has 1 N–H and O–H groups in total. The Kier molecular flexibility index (Phi) is 9.06. The van der Waals surface area contributed by atoms with Crippen molar-refractivity contribution in [2.24, 2.45) is 0 Å². The van der Waals surface area contributed by atoms with Gasteiger partial charge in [-0.15, -0.1) is 0 Å². The molecule has 0 aliphatic carbocycles. The van der Waals surface area contributed by atoms with Crippen molar-refractivity contribution in [1.29, 1.82) is 0 Å². The minimum atomic E-state index is -4.62. The molecule has 4 aromatic rings. The Morgan fingerprint density at radius 1 is 0.810 bits per heavy atom. The summed E-state index contributed by atoms with van der Waals surface area (Å²) >= 11 is 6.41. The third-order valence-electron chi connectivity index (χ3n) is 6.95. The molecule has 0 unspecified atom stereocenters. The second-order valence-electron chi connectivity index (χ2n) is 9.67. The zero-order valence-corrected chi connectivity index (χ0v) is 24.0. The predicted molar refractivity (Wildman–Crippen MR) is 153 cm³/mol. The van der Waals surface area contributed by atoms with E-state index in [1.54, 1.807) is 25.1 Å². The number of aryl methyl sites for hydroxylation is 1. The Bertz CT molecular complexity index is 1580. The van der Waals surface area contributed by atoms with Crippen molar-refractivity contribution in [2.75, 3.05) is 12.4 Å². The molecule has 1 aromatic heterocycles. The van der Waals surface area contributed by atoms with E-state index in [0.29, 0.717) is 28.2 Å². The van der Waals surface area contributed by atoms with Gasteiger partial charge in [0.05, 0.1) is 23.9 Å². The first-order valence-corrected chi connectivity index (χ1v) is 13.5. The van der Waals surface area contributed by atoms with Crippen molar-refractivity contribution in [3.8, 4) is 39.4 Å². The van der Waals surface area contributed by atoms with E-state index in [0.717, 1.165) is 37.1 Å². The van der Waals surface area contributed by atoms with Crippen molar-refractivity contribution in [2.45, 2.75) is 52.0 Å². The third-order valence-corrected chi connectivity index (χ3v) is 7.26. The highest BCUT2D eigenvalue weighted by Gasteiger charge is 2.33. The first-order chi connectivity index (χ1) is 19.8. The summed E-state index contributed by atoms with van der Waals surface area (Å²) < 4.78 is 86.8. The van der Waals surface area contributed by atoms with Crippen LogP contribution in [0.25, 0.3) is 33.5 Å². The lowest BCUT2D eigenvalue weighted by molar-refractivity contribution is -0.138. The number of nitrogens with one attached hydrogen (secondary N) is 1. The van der Waals surface area contributed by atoms with E-state index < -0.39 is 23.5 Å². The fraction of sp³-hybridized carbons (Fsp3) is 0.290. The van der Waals surface area contributed by atoms with E-state index in [1.165, 1.54) is 25.3 Å². The van der Waals surface area contributed by atoms with Crippen LogP contribution in [0.1, 0.15) is 43.5 Å². The van der Waals surface area contributed by atoms with E-state index in [1.807, 2.05) is 13.8 Å². The number of alkyl halides is 6. The molecule has 0 bridgehead atoms. The van der Waals surface area contributed by atoms with Crippen molar-refractivity contribution in [1.82, 2.24) is 9.97 Å². The van der Waals surface area contributed by atoms with Crippen LogP contribution in [0.15, 0.2) is 60.7 Å². The maximum Gasteiger partial charge on any atom is 0.416 e. The molecule has 1 heterocycles. The first kappa shape index (κ1) is 31.2. The van der Waals surface area contributed by atoms with Crippen LogP contribution >= 0.6 is 11.6 Å². The number of nitrogens with zero attached hydrogens (tertiary/aromatic N) is 2. The van der Waals surface area contributed by atoms with E-state index in [2.05, 4.69) is 10.3 Å². The molecule has 0 atom stereocenters. The normalized spacial score (nSPS) is 12.1. The molecule has 3 aromatic carbocycles. The van der Waals surface area contributed by atoms with Gasteiger partial charge in [0.25, 0.3) is 0 Å². The monoisotopic (exact) mass is 607 g/mol. The Labute approximate surface area is 244 Å². The van der Waals surface area contributed by atoms with Gasteiger partial charge in [-0.2, -0.15) is 31.3 Å². The summed E-state index contributed by atoms with van der Waals surface area (Å²) in [5, 5.41) is 3.15. The molecule has 0 aliphatic rings. The second kappa shape index (κ2) is 12.2. The number of hydrogen-bond donors (Lipinski definition) is 1. The molecule has 0 aliphatic heterocycles. The van der Waals surface area contributed by atoms with Gasteiger partial charge in [-0.3, -0.25) is 0 Å². The molecular weight excluding hydrogens is 580 g/mol. The molecule has 0 spiro atoms. The fourth-order valence-electron chi connectivity index (χ4n) is 4.68. The lowest BCUT2D eigenvalue weighted by Gasteiger charge is -2.21. The quantitative estimate of drug-likeness (QED) is 0.202. The van der Waals surface area contributed by atoms with Crippen LogP contribution in [-0.2, 0) is 12.4 Å². The van der Waals surface area contributed by atoms with Crippen LogP contribution in [0.4, 0.5) is 32.2 Å². The van der Waals surface area contributed by atoms with Crippen LogP contribution in [0, 0.1) is 6.92 Å². The first-order valence-electron chi connectivity index (χ1n) is 13.2. The summed E-state index contributed by atoms with van der Waals surface area (Å²) in [5.41, 5.74) is 0.336. The zero-order valence-electron chi connectivity index (χ0n) is 23.2. The lowest BCUT2D eigenvalue weighted by atomic mass is 9.89. The SMILES string of the molecule is CCC(CC)Nc1nc(OC)c(-c2c(-c3cccc(C(F)(F)F)c3)cccc2-c2ccc(C(F)(F)F)cc2Cl)nc1C. The van der Waals surface area contributed by atoms with Crippen molar-refractivity contribution in [3.63, 3.8) is 0 Å². The third kappa shape index (κ3) is 6.48. The summed E-state index contributed by atoms with van der Waals surface area (Å²) in [6.45, 7) is 5.79. The van der Waals surface area contributed by atoms with Crippen LogP contribution < -0.4 is 10.1 Å². The van der Waals surface area contributed by atoms with Crippen LogP contribution in [0.2, 0.25) is 5.02 Å². The summed E-state index contributed by atoms with van der Waals surface area (Å²) in [7, 11) is 1.39. The number of rotatable bonds is 8. The number of methoxy groups -OCH3 is 1. The van der Waals surface area contributed by atoms with E-state index in [9.17, 15) is 26.3 Å². The van der Waals surface area contributed by atoms with Crippen LogP contribution in [0.5, 0.6) is 5.88 Å². The van der Waals surface area contributed by atoms with Crippen LogP contribution in [-0.4, -0.2) is 23.1 Å². The maximum atomic E-state index is 13.7. The number of ether oxygens (including phenoxy) is 1. The summed E-state index contributed by atoms with van der Waals surface area (Å²) in [4.78, 5) is 9.41. The van der Waals surface area contributed by atoms with Gasteiger partial charge in [0.2, 0.25) is 5.88 Å². The van der Waals surface area contributed by atoms with E-state index in [4.69, 9.17) is 21.3 Å². The highest BCUT2D eigenvalue weighted by Crippen LogP contribution is 2.46. The Hall–Kier alpha value is -3.79. The molecule has 0 fully saturated rings.